The molecule has 8 nitrogen and oxygen atoms in total. The molecule has 31 heavy (non-hydrogen) atoms. The SMILES string of the molecule is CCN(CC)S(=O)(=O)c1ccc(C(=O)OCc2nc(-c3ccc(C)c(F)c3)no2)cc1. The molecule has 0 unspecified atom stereocenters. The Morgan fingerprint density at radius 2 is 1.81 bits per heavy atom. The first-order valence-corrected chi connectivity index (χ1v) is 11.1. The maximum atomic E-state index is 13.7. The number of halogens is 1. The quantitative estimate of drug-likeness (QED) is 0.486. The van der Waals surface area contributed by atoms with E-state index in [-0.39, 0.29) is 34.6 Å². The summed E-state index contributed by atoms with van der Waals surface area (Å²) >= 11 is 0. The van der Waals surface area contributed by atoms with Gasteiger partial charge in [0.25, 0.3) is 5.89 Å². The van der Waals surface area contributed by atoms with Crippen LogP contribution in [-0.2, 0) is 21.4 Å². The third-order valence-electron chi connectivity index (χ3n) is 4.66. The Balaban J connectivity index is 1.65. The highest BCUT2D eigenvalue weighted by atomic mass is 32.2. The average molecular weight is 447 g/mol. The van der Waals surface area contributed by atoms with Crippen molar-refractivity contribution in [2.45, 2.75) is 32.3 Å². The minimum Gasteiger partial charge on any atom is -0.452 e. The summed E-state index contributed by atoms with van der Waals surface area (Å²) in [5.74, 6) is -0.837. The van der Waals surface area contributed by atoms with Gasteiger partial charge in [0, 0.05) is 18.7 Å². The van der Waals surface area contributed by atoms with E-state index >= 15 is 0 Å². The van der Waals surface area contributed by atoms with Crippen molar-refractivity contribution in [3.8, 4) is 11.4 Å². The molecule has 0 N–H and O–H groups in total. The van der Waals surface area contributed by atoms with Crippen molar-refractivity contribution in [1.82, 2.24) is 14.4 Å². The lowest BCUT2D eigenvalue weighted by molar-refractivity contribution is 0.0429. The van der Waals surface area contributed by atoms with Crippen LogP contribution in [-0.4, -0.2) is 41.9 Å². The zero-order chi connectivity index (χ0) is 22.6. The second-order valence-electron chi connectivity index (χ2n) is 6.67. The fraction of sp³-hybridized carbons (Fsp3) is 0.286. The summed E-state index contributed by atoms with van der Waals surface area (Å²) in [6, 6.07) is 10.0. The molecule has 0 amide bonds. The Labute approximate surface area is 179 Å². The molecule has 0 aliphatic rings. The van der Waals surface area contributed by atoms with Crippen LogP contribution in [0.4, 0.5) is 4.39 Å². The molecule has 1 aromatic heterocycles. The second-order valence-corrected chi connectivity index (χ2v) is 8.60. The summed E-state index contributed by atoms with van der Waals surface area (Å²) < 4.78 is 50.2. The number of aromatic nitrogens is 2. The van der Waals surface area contributed by atoms with Crippen molar-refractivity contribution in [2.24, 2.45) is 0 Å². The zero-order valence-corrected chi connectivity index (χ0v) is 18.1. The Bertz CT molecular complexity index is 1170. The standard InChI is InChI=1S/C21H22FN3O5S/c1-4-25(5-2)31(27,28)17-10-8-15(9-11-17)21(26)29-13-19-23-20(24-30-19)16-7-6-14(3)18(22)12-16/h6-12H,4-5,13H2,1-3H3. The van der Waals surface area contributed by atoms with Crippen molar-refractivity contribution in [2.75, 3.05) is 13.1 Å². The van der Waals surface area contributed by atoms with Gasteiger partial charge < -0.3 is 9.26 Å². The highest BCUT2D eigenvalue weighted by molar-refractivity contribution is 7.89. The molecule has 0 spiro atoms. The minimum absolute atomic E-state index is 0.0464. The van der Waals surface area contributed by atoms with Gasteiger partial charge in [-0.2, -0.15) is 9.29 Å². The van der Waals surface area contributed by atoms with E-state index < -0.39 is 16.0 Å². The van der Waals surface area contributed by atoms with Gasteiger partial charge in [0.1, 0.15) is 5.82 Å². The van der Waals surface area contributed by atoms with Crippen molar-refractivity contribution < 1.29 is 26.9 Å². The third-order valence-corrected chi connectivity index (χ3v) is 6.72. The van der Waals surface area contributed by atoms with Crippen LogP contribution < -0.4 is 0 Å². The van der Waals surface area contributed by atoms with Crippen molar-refractivity contribution >= 4 is 16.0 Å². The number of benzene rings is 2. The molecule has 164 valence electrons. The normalized spacial score (nSPS) is 11.6. The molecule has 0 radical (unpaired) electrons. The summed E-state index contributed by atoms with van der Waals surface area (Å²) in [5, 5.41) is 3.76. The number of carbonyl (C=O) groups excluding carboxylic acids is 1. The number of nitrogens with zero attached hydrogens (tertiary/aromatic N) is 3. The number of ether oxygens (including phenoxy) is 1. The Kier molecular flexibility index (Phi) is 6.81. The average Bonchev–Trinajstić information content (AvgIpc) is 3.24. The van der Waals surface area contributed by atoms with E-state index in [9.17, 15) is 17.6 Å². The molecule has 0 atom stereocenters. The molecule has 3 aromatic rings. The largest absolute Gasteiger partial charge is 0.452 e. The van der Waals surface area contributed by atoms with Crippen LogP contribution in [0.1, 0.15) is 35.7 Å². The van der Waals surface area contributed by atoms with Gasteiger partial charge in [-0.25, -0.2) is 17.6 Å². The van der Waals surface area contributed by atoms with Gasteiger partial charge in [-0.3, -0.25) is 0 Å². The molecule has 1 heterocycles. The zero-order valence-electron chi connectivity index (χ0n) is 17.3. The van der Waals surface area contributed by atoms with Crippen LogP contribution in [0.5, 0.6) is 0 Å². The first kappa shape index (κ1) is 22.6. The van der Waals surface area contributed by atoms with Crippen LogP contribution >= 0.6 is 0 Å². The molecule has 0 fully saturated rings. The molecule has 3 rings (SSSR count). The molecular formula is C21H22FN3O5S. The van der Waals surface area contributed by atoms with Gasteiger partial charge in [0.2, 0.25) is 15.8 Å². The lowest BCUT2D eigenvalue weighted by Crippen LogP contribution is -2.30. The predicted molar refractivity (Wildman–Crippen MR) is 110 cm³/mol. The minimum atomic E-state index is -3.61. The van der Waals surface area contributed by atoms with Crippen LogP contribution in [0.3, 0.4) is 0 Å². The highest BCUT2D eigenvalue weighted by Crippen LogP contribution is 2.20. The van der Waals surface area contributed by atoms with E-state index in [1.165, 1.54) is 34.6 Å². The first-order valence-electron chi connectivity index (χ1n) is 9.62. The maximum Gasteiger partial charge on any atom is 0.338 e. The van der Waals surface area contributed by atoms with Crippen molar-refractivity contribution in [1.29, 1.82) is 0 Å². The van der Waals surface area contributed by atoms with Gasteiger partial charge in [-0.15, -0.1) is 0 Å². The second kappa shape index (κ2) is 9.36. The molecular weight excluding hydrogens is 425 g/mol. The summed E-state index contributed by atoms with van der Waals surface area (Å²) in [7, 11) is -3.61. The van der Waals surface area contributed by atoms with Gasteiger partial charge in [-0.05, 0) is 42.8 Å². The lowest BCUT2D eigenvalue weighted by atomic mass is 10.1. The predicted octanol–water partition coefficient (Wildman–Crippen LogP) is 3.57. The Morgan fingerprint density at radius 1 is 1.13 bits per heavy atom. The number of aryl methyl sites for hydroxylation is 1. The smallest absolute Gasteiger partial charge is 0.338 e. The number of esters is 1. The van der Waals surface area contributed by atoms with Crippen LogP contribution in [0.15, 0.2) is 51.9 Å². The van der Waals surface area contributed by atoms with Crippen LogP contribution in [0.25, 0.3) is 11.4 Å². The van der Waals surface area contributed by atoms with Gasteiger partial charge >= 0.3 is 5.97 Å². The highest BCUT2D eigenvalue weighted by Gasteiger charge is 2.22. The topological polar surface area (TPSA) is 103 Å². The van der Waals surface area contributed by atoms with E-state index in [0.29, 0.717) is 24.2 Å². The maximum absolute atomic E-state index is 13.7. The number of hydrogen-bond acceptors (Lipinski definition) is 7. The van der Waals surface area contributed by atoms with E-state index in [1.54, 1.807) is 32.9 Å². The Hall–Kier alpha value is -3.11. The summed E-state index contributed by atoms with van der Waals surface area (Å²) in [4.78, 5) is 16.5. The fourth-order valence-corrected chi connectivity index (χ4v) is 4.31. The Morgan fingerprint density at radius 3 is 2.42 bits per heavy atom. The van der Waals surface area contributed by atoms with E-state index in [1.807, 2.05) is 0 Å². The summed E-state index contributed by atoms with van der Waals surface area (Å²) in [6.45, 7) is 5.58. The van der Waals surface area contributed by atoms with Gasteiger partial charge in [-0.1, -0.05) is 31.1 Å². The number of rotatable bonds is 8. The number of hydrogen-bond donors (Lipinski definition) is 0. The third kappa shape index (κ3) is 4.97. The van der Waals surface area contributed by atoms with Crippen molar-refractivity contribution in [3.05, 3.63) is 65.3 Å². The molecule has 0 aliphatic heterocycles. The van der Waals surface area contributed by atoms with Crippen LogP contribution in [0.2, 0.25) is 0 Å². The fourth-order valence-electron chi connectivity index (χ4n) is 2.85. The molecule has 0 bridgehead atoms. The van der Waals surface area contributed by atoms with Crippen molar-refractivity contribution in [3.63, 3.8) is 0 Å². The monoisotopic (exact) mass is 447 g/mol. The first-order chi connectivity index (χ1) is 14.8. The van der Waals surface area contributed by atoms with Crippen LogP contribution in [0, 0.1) is 12.7 Å². The van der Waals surface area contributed by atoms with E-state index in [0.717, 1.165) is 0 Å². The molecule has 2 aromatic carbocycles. The molecule has 0 aliphatic carbocycles. The number of sulfonamides is 1. The molecule has 0 saturated carbocycles. The number of carbonyl (C=O) groups is 1. The van der Waals surface area contributed by atoms with Gasteiger partial charge in [0.05, 0.1) is 10.5 Å². The van der Waals surface area contributed by atoms with E-state index in [2.05, 4.69) is 10.1 Å². The summed E-state index contributed by atoms with van der Waals surface area (Å²) in [5.41, 5.74) is 1.12. The lowest BCUT2D eigenvalue weighted by Gasteiger charge is -2.18. The van der Waals surface area contributed by atoms with E-state index in [4.69, 9.17) is 9.26 Å². The van der Waals surface area contributed by atoms with Gasteiger partial charge in [0.15, 0.2) is 6.61 Å². The molecule has 10 heteroatoms. The molecule has 0 saturated heterocycles. The summed E-state index contributed by atoms with van der Waals surface area (Å²) in [6.07, 6.45) is 0.